The number of unbranched alkanes of at least 4 members (excludes halogenated alkanes) is 1. The number of thioether (sulfide) groups is 1. The van der Waals surface area contributed by atoms with Gasteiger partial charge in [-0.05, 0) is 36.7 Å². The topological polar surface area (TPSA) is 17.1 Å². The predicted molar refractivity (Wildman–Crippen MR) is 70.3 cm³/mol. The Balaban J connectivity index is 2.57. The van der Waals surface area contributed by atoms with E-state index in [4.69, 9.17) is 0 Å². The van der Waals surface area contributed by atoms with E-state index in [9.17, 15) is 18.0 Å². The van der Waals surface area contributed by atoms with Crippen molar-refractivity contribution in [3.63, 3.8) is 0 Å². The second-order valence-electron chi connectivity index (χ2n) is 3.64. The van der Waals surface area contributed by atoms with Crippen molar-refractivity contribution in [2.75, 3.05) is 5.33 Å². The van der Waals surface area contributed by atoms with Gasteiger partial charge < -0.3 is 0 Å². The van der Waals surface area contributed by atoms with E-state index in [2.05, 4.69) is 15.9 Å². The van der Waals surface area contributed by atoms with Crippen molar-refractivity contribution < 1.29 is 18.0 Å². The lowest BCUT2D eigenvalue weighted by Gasteiger charge is -2.06. The lowest BCUT2D eigenvalue weighted by molar-refractivity contribution is -0.0328. The van der Waals surface area contributed by atoms with E-state index in [0.717, 1.165) is 18.2 Å². The van der Waals surface area contributed by atoms with Gasteiger partial charge in [0.25, 0.3) is 0 Å². The number of hydrogen-bond donors (Lipinski definition) is 0. The Kier molecular flexibility index (Phi) is 6.21. The average Bonchev–Trinajstić information content (AvgIpc) is 2.28. The fourth-order valence-corrected chi connectivity index (χ4v) is 2.30. The van der Waals surface area contributed by atoms with Gasteiger partial charge in [-0.15, -0.1) is 0 Å². The zero-order valence-electron chi connectivity index (χ0n) is 9.47. The first-order chi connectivity index (χ1) is 8.42. The second-order valence-corrected chi connectivity index (χ2v) is 5.57. The van der Waals surface area contributed by atoms with Gasteiger partial charge in [0.2, 0.25) is 0 Å². The molecular weight excluding hydrogens is 329 g/mol. The van der Waals surface area contributed by atoms with Gasteiger partial charge in [0.1, 0.15) is 0 Å². The molecule has 0 aromatic heterocycles. The Morgan fingerprint density at radius 1 is 1.17 bits per heavy atom. The van der Waals surface area contributed by atoms with Crippen LogP contribution in [0.2, 0.25) is 0 Å². The quantitative estimate of drug-likeness (QED) is 0.312. The molecule has 6 heteroatoms. The molecule has 0 heterocycles. The van der Waals surface area contributed by atoms with Gasteiger partial charge in [-0.1, -0.05) is 28.1 Å². The van der Waals surface area contributed by atoms with Gasteiger partial charge in [-0.3, -0.25) is 4.79 Å². The summed E-state index contributed by atoms with van der Waals surface area (Å²) < 4.78 is 36.3. The van der Waals surface area contributed by atoms with Gasteiger partial charge in [0.05, 0.1) is 0 Å². The van der Waals surface area contributed by atoms with E-state index in [1.54, 1.807) is 0 Å². The Labute approximate surface area is 116 Å². The lowest BCUT2D eigenvalue weighted by atomic mass is 10.1. The Morgan fingerprint density at radius 3 is 2.28 bits per heavy atom. The number of halogens is 4. The van der Waals surface area contributed by atoms with Crippen LogP contribution in [0.5, 0.6) is 0 Å². The Morgan fingerprint density at radius 2 is 1.78 bits per heavy atom. The molecule has 0 unspecified atom stereocenters. The molecule has 0 bridgehead atoms. The van der Waals surface area contributed by atoms with Crippen molar-refractivity contribution in [3.8, 4) is 0 Å². The monoisotopic (exact) mass is 340 g/mol. The van der Waals surface area contributed by atoms with Crippen LogP contribution in [0.3, 0.4) is 0 Å². The van der Waals surface area contributed by atoms with E-state index in [1.807, 2.05) is 0 Å². The highest BCUT2D eigenvalue weighted by molar-refractivity contribution is 9.09. The fourth-order valence-electron chi connectivity index (χ4n) is 1.37. The summed E-state index contributed by atoms with van der Waals surface area (Å²) in [5.74, 6) is -0.0282. The van der Waals surface area contributed by atoms with Gasteiger partial charge >= 0.3 is 5.51 Å². The maximum absolute atomic E-state index is 12.1. The zero-order valence-corrected chi connectivity index (χ0v) is 11.9. The van der Waals surface area contributed by atoms with Crippen LogP contribution in [-0.4, -0.2) is 16.6 Å². The Bertz CT molecular complexity index is 389. The van der Waals surface area contributed by atoms with Crippen LogP contribution in [0.4, 0.5) is 13.2 Å². The zero-order chi connectivity index (χ0) is 13.6. The fraction of sp³-hybridized carbons (Fsp3) is 0.417. The third-order valence-electron chi connectivity index (χ3n) is 2.20. The first kappa shape index (κ1) is 15.6. The van der Waals surface area contributed by atoms with E-state index >= 15 is 0 Å². The van der Waals surface area contributed by atoms with Crippen LogP contribution >= 0.6 is 27.7 Å². The third-order valence-corrected chi connectivity index (χ3v) is 3.50. The molecule has 18 heavy (non-hydrogen) atoms. The van der Waals surface area contributed by atoms with Crippen LogP contribution < -0.4 is 0 Å². The van der Waals surface area contributed by atoms with Crippen LogP contribution in [-0.2, 0) is 0 Å². The molecule has 0 spiro atoms. The largest absolute Gasteiger partial charge is 0.446 e. The molecular formula is C12H12BrF3OS. The maximum Gasteiger partial charge on any atom is 0.446 e. The molecule has 0 saturated heterocycles. The molecule has 1 rings (SSSR count). The van der Waals surface area contributed by atoms with Crippen molar-refractivity contribution in [1.29, 1.82) is 0 Å². The number of Topliss-reactive ketones (excluding diaryl/α,β-unsaturated/α-hetero) is 1. The van der Waals surface area contributed by atoms with Crippen LogP contribution in [0.15, 0.2) is 29.2 Å². The summed E-state index contributed by atoms with van der Waals surface area (Å²) in [5, 5.41) is 0.849. The van der Waals surface area contributed by atoms with Crippen molar-refractivity contribution in [1.82, 2.24) is 0 Å². The van der Waals surface area contributed by atoms with Gasteiger partial charge in [0, 0.05) is 22.2 Å². The standard InChI is InChI=1S/C12H12BrF3OS/c13-8-2-1-3-11(17)9-4-6-10(7-5-9)18-12(14,15)16/h4-7H,1-3,8H2. The molecule has 1 aromatic carbocycles. The highest BCUT2D eigenvalue weighted by atomic mass is 79.9. The van der Waals surface area contributed by atoms with Gasteiger partial charge in [-0.2, -0.15) is 13.2 Å². The summed E-state index contributed by atoms with van der Waals surface area (Å²) in [6.07, 6.45) is 2.12. The summed E-state index contributed by atoms with van der Waals surface area (Å²) in [5.41, 5.74) is -3.82. The molecule has 0 aliphatic heterocycles. The SMILES string of the molecule is O=C(CCCCBr)c1ccc(SC(F)(F)F)cc1. The van der Waals surface area contributed by atoms with Gasteiger partial charge in [0.15, 0.2) is 5.78 Å². The molecule has 0 fully saturated rings. The maximum atomic E-state index is 12.1. The molecule has 0 aliphatic rings. The van der Waals surface area contributed by atoms with Gasteiger partial charge in [-0.25, -0.2) is 0 Å². The normalized spacial score (nSPS) is 11.6. The summed E-state index contributed by atoms with van der Waals surface area (Å²) in [4.78, 5) is 11.8. The highest BCUT2D eigenvalue weighted by Crippen LogP contribution is 2.36. The van der Waals surface area contributed by atoms with E-state index in [-0.39, 0.29) is 22.4 Å². The highest BCUT2D eigenvalue weighted by Gasteiger charge is 2.29. The summed E-state index contributed by atoms with van der Waals surface area (Å²) in [7, 11) is 0. The van der Waals surface area contributed by atoms with Crippen LogP contribution in [0, 0.1) is 0 Å². The van der Waals surface area contributed by atoms with E-state index in [1.165, 1.54) is 24.3 Å². The molecule has 1 nitrogen and oxygen atoms in total. The minimum absolute atomic E-state index is 0.0282. The van der Waals surface area contributed by atoms with Crippen LogP contribution in [0.1, 0.15) is 29.6 Å². The number of alkyl halides is 4. The number of rotatable bonds is 6. The van der Waals surface area contributed by atoms with Crippen LogP contribution in [0.25, 0.3) is 0 Å². The third kappa shape index (κ3) is 5.91. The second kappa shape index (κ2) is 7.19. The lowest BCUT2D eigenvalue weighted by Crippen LogP contribution is -2.01. The van der Waals surface area contributed by atoms with E-state index in [0.29, 0.717) is 12.0 Å². The van der Waals surface area contributed by atoms with Crippen molar-refractivity contribution in [2.45, 2.75) is 29.7 Å². The molecule has 0 atom stereocenters. The molecule has 0 N–H and O–H groups in total. The number of hydrogen-bond acceptors (Lipinski definition) is 2. The molecule has 0 radical (unpaired) electrons. The predicted octanol–water partition coefficient (Wildman–Crippen LogP) is 5.05. The molecule has 0 amide bonds. The Hall–Kier alpha value is -0.490. The number of carbonyl (C=O) groups is 1. The summed E-state index contributed by atoms with van der Waals surface area (Å²) in [6.45, 7) is 0. The van der Waals surface area contributed by atoms with Crippen molar-refractivity contribution in [3.05, 3.63) is 29.8 Å². The molecule has 0 saturated carbocycles. The summed E-state index contributed by atoms with van der Waals surface area (Å²) >= 11 is 3.10. The number of carbonyl (C=O) groups excluding carboxylic acids is 1. The molecule has 1 aromatic rings. The minimum atomic E-state index is -4.29. The molecule has 0 aliphatic carbocycles. The smallest absolute Gasteiger partial charge is 0.294 e. The number of ketones is 1. The van der Waals surface area contributed by atoms with Crippen molar-refractivity contribution in [2.24, 2.45) is 0 Å². The average molecular weight is 341 g/mol. The first-order valence-corrected chi connectivity index (χ1v) is 7.31. The molecule has 100 valence electrons. The summed E-state index contributed by atoms with van der Waals surface area (Å²) in [6, 6.07) is 5.56. The number of benzene rings is 1. The first-order valence-electron chi connectivity index (χ1n) is 5.37. The minimum Gasteiger partial charge on any atom is -0.294 e. The van der Waals surface area contributed by atoms with Crippen molar-refractivity contribution >= 4 is 33.5 Å². The van der Waals surface area contributed by atoms with E-state index < -0.39 is 5.51 Å².